The first-order chi connectivity index (χ1) is 8.27. The Labute approximate surface area is 108 Å². The SMILES string of the molecule is O=S(CS(=O)C1CCCCC1)c1ccccc1. The van der Waals surface area contributed by atoms with Crippen LogP contribution in [0.3, 0.4) is 0 Å². The van der Waals surface area contributed by atoms with Crippen LogP contribution >= 0.6 is 0 Å². The highest BCUT2D eigenvalue weighted by molar-refractivity contribution is 8.02. The van der Waals surface area contributed by atoms with Gasteiger partial charge < -0.3 is 0 Å². The van der Waals surface area contributed by atoms with Crippen molar-refractivity contribution in [3.05, 3.63) is 30.3 Å². The van der Waals surface area contributed by atoms with Crippen molar-refractivity contribution < 1.29 is 8.42 Å². The van der Waals surface area contributed by atoms with Crippen molar-refractivity contribution in [3.63, 3.8) is 0 Å². The minimum absolute atomic E-state index is 0.274. The van der Waals surface area contributed by atoms with E-state index in [1.807, 2.05) is 30.3 Å². The van der Waals surface area contributed by atoms with E-state index in [4.69, 9.17) is 0 Å². The van der Waals surface area contributed by atoms with Crippen LogP contribution in [-0.4, -0.2) is 18.8 Å². The van der Waals surface area contributed by atoms with Crippen molar-refractivity contribution in [2.75, 3.05) is 5.08 Å². The summed E-state index contributed by atoms with van der Waals surface area (Å²) < 4.78 is 24.1. The van der Waals surface area contributed by atoms with Crippen LogP contribution in [0, 0.1) is 0 Å². The molecule has 0 amide bonds. The van der Waals surface area contributed by atoms with Crippen LogP contribution in [-0.2, 0) is 21.6 Å². The second-order valence-electron chi connectivity index (χ2n) is 4.42. The van der Waals surface area contributed by atoms with Gasteiger partial charge in [0, 0.05) is 20.9 Å². The molecule has 2 rings (SSSR count). The molecule has 1 fully saturated rings. The van der Waals surface area contributed by atoms with Gasteiger partial charge in [-0.2, -0.15) is 0 Å². The highest BCUT2D eigenvalue weighted by Gasteiger charge is 2.21. The number of hydrogen-bond donors (Lipinski definition) is 0. The van der Waals surface area contributed by atoms with Gasteiger partial charge in [0.25, 0.3) is 0 Å². The van der Waals surface area contributed by atoms with Gasteiger partial charge in [0.15, 0.2) is 0 Å². The third-order valence-corrected chi connectivity index (χ3v) is 6.95. The van der Waals surface area contributed by atoms with Crippen LogP contribution in [0.15, 0.2) is 35.2 Å². The van der Waals surface area contributed by atoms with Crippen molar-refractivity contribution in [3.8, 4) is 0 Å². The molecule has 2 unspecified atom stereocenters. The van der Waals surface area contributed by atoms with Gasteiger partial charge in [-0.3, -0.25) is 8.42 Å². The lowest BCUT2D eigenvalue weighted by Crippen LogP contribution is -2.22. The topological polar surface area (TPSA) is 34.1 Å². The molecule has 94 valence electrons. The van der Waals surface area contributed by atoms with E-state index >= 15 is 0 Å². The van der Waals surface area contributed by atoms with E-state index in [1.165, 1.54) is 19.3 Å². The molecule has 4 heteroatoms. The van der Waals surface area contributed by atoms with Crippen molar-refractivity contribution in [2.24, 2.45) is 0 Å². The fourth-order valence-electron chi connectivity index (χ4n) is 2.17. The Morgan fingerprint density at radius 3 is 2.29 bits per heavy atom. The average molecular weight is 270 g/mol. The summed E-state index contributed by atoms with van der Waals surface area (Å²) in [6.45, 7) is 0. The summed E-state index contributed by atoms with van der Waals surface area (Å²) in [5.41, 5.74) is 0. The zero-order valence-corrected chi connectivity index (χ0v) is 11.5. The Balaban J connectivity index is 1.92. The third kappa shape index (κ3) is 3.75. The van der Waals surface area contributed by atoms with Crippen LogP contribution in [0.2, 0.25) is 0 Å². The largest absolute Gasteiger partial charge is 0.258 e. The summed E-state index contributed by atoms with van der Waals surface area (Å²) >= 11 is 0. The molecule has 0 heterocycles. The highest BCUT2D eigenvalue weighted by atomic mass is 32.2. The van der Waals surface area contributed by atoms with E-state index in [0.717, 1.165) is 17.7 Å². The van der Waals surface area contributed by atoms with Crippen molar-refractivity contribution in [1.82, 2.24) is 0 Å². The Kier molecular flexibility index (Phi) is 4.92. The second kappa shape index (κ2) is 6.45. The summed E-state index contributed by atoms with van der Waals surface area (Å²) in [6, 6.07) is 9.33. The number of benzene rings is 1. The minimum atomic E-state index is -1.12. The van der Waals surface area contributed by atoms with E-state index in [2.05, 4.69) is 0 Å². The molecule has 1 aromatic rings. The molecule has 0 radical (unpaired) electrons. The Morgan fingerprint density at radius 1 is 1.00 bits per heavy atom. The van der Waals surface area contributed by atoms with Gasteiger partial charge in [0.2, 0.25) is 0 Å². The van der Waals surface area contributed by atoms with E-state index in [1.54, 1.807) is 0 Å². The normalized spacial score (nSPS) is 20.9. The predicted molar refractivity (Wildman–Crippen MR) is 72.7 cm³/mol. The Bertz CT molecular complexity index is 397. The first-order valence-corrected chi connectivity index (χ1v) is 8.78. The zero-order valence-electron chi connectivity index (χ0n) is 9.84. The summed E-state index contributed by atoms with van der Waals surface area (Å²) in [5.74, 6) is 0. The monoisotopic (exact) mass is 270 g/mol. The average Bonchev–Trinajstić information content (AvgIpc) is 2.40. The molecule has 2 atom stereocenters. The number of rotatable bonds is 4. The molecule has 0 spiro atoms. The maximum Gasteiger partial charge on any atom is 0.104 e. The van der Waals surface area contributed by atoms with Crippen LogP contribution in [0.25, 0.3) is 0 Å². The molecule has 0 N–H and O–H groups in total. The van der Waals surface area contributed by atoms with Crippen molar-refractivity contribution in [1.29, 1.82) is 0 Å². The van der Waals surface area contributed by atoms with E-state index in [0.29, 0.717) is 5.08 Å². The molecule has 0 saturated heterocycles. The van der Waals surface area contributed by atoms with Gasteiger partial charge in [-0.1, -0.05) is 37.5 Å². The van der Waals surface area contributed by atoms with Crippen LogP contribution in [0.5, 0.6) is 0 Å². The molecule has 1 aliphatic carbocycles. The number of hydrogen-bond acceptors (Lipinski definition) is 2. The van der Waals surface area contributed by atoms with E-state index in [9.17, 15) is 8.42 Å². The van der Waals surface area contributed by atoms with E-state index in [-0.39, 0.29) is 5.25 Å². The van der Waals surface area contributed by atoms with Crippen molar-refractivity contribution in [2.45, 2.75) is 42.2 Å². The van der Waals surface area contributed by atoms with Gasteiger partial charge in [0.1, 0.15) is 5.08 Å². The maximum atomic E-state index is 12.1. The summed E-state index contributed by atoms with van der Waals surface area (Å²) in [5, 5.41) is 0.575. The standard InChI is InChI=1S/C13H18O2S2/c14-16(12-7-3-1-4-8-12)11-17(15)13-9-5-2-6-10-13/h1,3-4,7-8,13H,2,5-6,9-11H2. The molecule has 0 aliphatic heterocycles. The predicted octanol–water partition coefficient (Wildman–Crippen LogP) is 2.83. The summed E-state index contributed by atoms with van der Waals surface area (Å²) in [7, 11) is -2.05. The Morgan fingerprint density at radius 2 is 1.65 bits per heavy atom. The Hall–Kier alpha value is -0.480. The van der Waals surface area contributed by atoms with Crippen LogP contribution in [0.1, 0.15) is 32.1 Å². The summed E-state index contributed by atoms with van der Waals surface area (Å²) in [6.07, 6.45) is 5.69. The fraction of sp³-hybridized carbons (Fsp3) is 0.538. The quantitative estimate of drug-likeness (QED) is 0.843. The lowest BCUT2D eigenvalue weighted by atomic mass is 10.0. The molecular formula is C13H18O2S2. The molecule has 0 aromatic heterocycles. The lowest BCUT2D eigenvalue weighted by molar-refractivity contribution is 0.505. The summed E-state index contributed by atoms with van der Waals surface area (Å²) in [4.78, 5) is 0.789. The molecule has 1 saturated carbocycles. The van der Waals surface area contributed by atoms with Crippen LogP contribution < -0.4 is 0 Å². The molecular weight excluding hydrogens is 252 g/mol. The molecule has 2 nitrogen and oxygen atoms in total. The van der Waals surface area contributed by atoms with Gasteiger partial charge in [-0.15, -0.1) is 0 Å². The third-order valence-electron chi connectivity index (χ3n) is 3.15. The zero-order chi connectivity index (χ0) is 12.1. The fourth-order valence-corrected chi connectivity index (χ4v) is 5.65. The minimum Gasteiger partial charge on any atom is -0.258 e. The van der Waals surface area contributed by atoms with Gasteiger partial charge in [0.05, 0.1) is 10.8 Å². The molecule has 0 bridgehead atoms. The smallest absolute Gasteiger partial charge is 0.104 e. The maximum absolute atomic E-state index is 12.1. The van der Waals surface area contributed by atoms with Gasteiger partial charge >= 0.3 is 0 Å². The van der Waals surface area contributed by atoms with Crippen LogP contribution in [0.4, 0.5) is 0 Å². The first kappa shape index (κ1) is 13.0. The van der Waals surface area contributed by atoms with Crippen molar-refractivity contribution >= 4 is 21.6 Å². The highest BCUT2D eigenvalue weighted by Crippen LogP contribution is 2.23. The van der Waals surface area contributed by atoms with Gasteiger partial charge in [-0.25, -0.2) is 0 Å². The molecule has 1 aliphatic rings. The molecule has 17 heavy (non-hydrogen) atoms. The first-order valence-electron chi connectivity index (χ1n) is 6.08. The van der Waals surface area contributed by atoms with E-state index < -0.39 is 21.6 Å². The molecule has 1 aromatic carbocycles. The van der Waals surface area contributed by atoms with Gasteiger partial charge in [-0.05, 0) is 25.0 Å². The second-order valence-corrected chi connectivity index (χ2v) is 7.95. The lowest BCUT2D eigenvalue weighted by Gasteiger charge is -2.20.